The van der Waals surface area contributed by atoms with E-state index in [9.17, 15) is 0 Å². The van der Waals surface area contributed by atoms with Gasteiger partial charge in [-0.15, -0.1) is 0 Å². The number of hydrogen-bond donors (Lipinski definition) is 2. The van der Waals surface area contributed by atoms with Crippen LogP contribution in [0.25, 0.3) is 0 Å². The first-order valence-electron chi connectivity index (χ1n) is 4.48. The lowest BCUT2D eigenvalue weighted by Crippen LogP contribution is -2.29. The van der Waals surface area contributed by atoms with Crippen LogP contribution in [0.3, 0.4) is 0 Å². The van der Waals surface area contributed by atoms with E-state index in [2.05, 4.69) is 12.2 Å². The highest BCUT2D eigenvalue weighted by molar-refractivity contribution is 5.84. The fourth-order valence-electron chi connectivity index (χ4n) is 1.36. The summed E-state index contributed by atoms with van der Waals surface area (Å²) >= 11 is 0. The summed E-state index contributed by atoms with van der Waals surface area (Å²) in [5.74, 6) is 0.630. The van der Waals surface area contributed by atoms with Gasteiger partial charge in [-0.25, -0.2) is 0 Å². The molecule has 11 heavy (non-hydrogen) atoms. The Kier molecular flexibility index (Phi) is 3.06. The second kappa shape index (κ2) is 3.86. The Balaban J connectivity index is 2.19. The van der Waals surface area contributed by atoms with Gasteiger partial charge in [0.05, 0.1) is 0 Å². The van der Waals surface area contributed by atoms with Crippen molar-refractivity contribution in [1.82, 2.24) is 5.32 Å². The molecule has 1 aliphatic carbocycles. The molecule has 1 unspecified atom stereocenters. The average molecular weight is 154 g/mol. The maximum Gasteiger partial charge on any atom is 0.0135 e. The molecule has 1 fully saturated rings. The van der Waals surface area contributed by atoms with Crippen molar-refractivity contribution < 1.29 is 0 Å². The molecule has 64 valence electrons. The number of nitrogens with one attached hydrogen (secondary N) is 2. The average Bonchev–Trinajstić information content (AvgIpc) is 1.83. The van der Waals surface area contributed by atoms with E-state index < -0.39 is 0 Å². The van der Waals surface area contributed by atoms with Gasteiger partial charge in [-0.3, -0.25) is 0 Å². The number of hydrogen-bond acceptors (Lipinski definition) is 2. The van der Waals surface area contributed by atoms with Gasteiger partial charge < -0.3 is 10.7 Å². The van der Waals surface area contributed by atoms with Crippen molar-refractivity contribution in [2.45, 2.75) is 38.6 Å². The Morgan fingerprint density at radius 2 is 2.27 bits per heavy atom. The van der Waals surface area contributed by atoms with Crippen molar-refractivity contribution in [1.29, 1.82) is 5.41 Å². The molecule has 0 bridgehead atoms. The van der Waals surface area contributed by atoms with Crippen molar-refractivity contribution >= 4 is 5.71 Å². The summed E-state index contributed by atoms with van der Waals surface area (Å²) in [6.45, 7) is 2.13. The normalized spacial score (nSPS) is 20.9. The Morgan fingerprint density at radius 1 is 1.64 bits per heavy atom. The van der Waals surface area contributed by atoms with Gasteiger partial charge in [0, 0.05) is 18.2 Å². The van der Waals surface area contributed by atoms with Crippen molar-refractivity contribution in [3.05, 3.63) is 0 Å². The van der Waals surface area contributed by atoms with Crippen LogP contribution in [0.4, 0.5) is 0 Å². The highest BCUT2D eigenvalue weighted by atomic mass is 14.9. The van der Waals surface area contributed by atoms with E-state index in [-0.39, 0.29) is 0 Å². The van der Waals surface area contributed by atoms with Gasteiger partial charge in [-0.05, 0) is 32.7 Å². The molecule has 0 saturated heterocycles. The Bertz CT molecular complexity index is 138. The molecule has 0 aromatic carbocycles. The summed E-state index contributed by atoms with van der Waals surface area (Å²) in [6.07, 6.45) is 4.78. The largest absolute Gasteiger partial charge is 0.317 e. The van der Waals surface area contributed by atoms with E-state index in [4.69, 9.17) is 5.41 Å². The Morgan fingerprint density at radius 3 is 2.64 bits per heavy atom. The van der Waals surface area contributed by atoms with Crippen LogP contribution in [0.2, 0.25) is 0 Å². The van der Waals surface area contributed by atoms with Crippen LogP contribution in [0.15, 0.2) is 0 Å². The Hall–Kier alpha value is -0.370. The topological polar surface area (TPSA) is 35.9 Å². The SMILES string of the molecule is CNC(C)CC(=N)C1CCC1. The third kappa shape index (κ3) is 2.29. The van der Waals surface area contributed by atoms with E-state index in [1.54, 1.807) is 0 Å². The van der Waals surface area contributed by atoms with Crippen molar-refractivity contribution in [2.24, 2.45) is 5.92 Å². The van der Waals surface area contributed by atoms with Crippen molar-refractivity contribution in [2.75, 3.05) is 7.05 Å². The molecular formula is C9H18N2. The van der Waals surface area contributed by atoms with Crippen LogP contribution in [0.1, 0.15) is 32.6 Å². The summed E-state index contributed by atoms with van der Waals surface area (Å²) in [4.78, 5) is 0. The van der Waals surface area contributed by atoms with E-state index in [0.717, 1.165) is 12.1 Å². The molecule has 2 nitrogen and oxygen atoms in total. The zero-order chi connectivity index (χ0) is 8.27. The maximum absolute atomic E-state index is 7.74. The predicted octanol–water partition coefficient (Wildman–Crippen LogP) is 1.80. The zero-order valence-electron chi connectivity index (χ0n) is 7.48. The van der Waals surface area contributed by atoms with Crippen LogP contribution in [-0.2, 0) is 0 Å². The summed E-state index contributed by atoms with van der Waals surface area (Å²) in [7, 11) is 1.96. The van der Waals surface area contributed by atoms with Crippen LogP contribution >= 0.6 is 0 Å². The molecule has 0 aliphatic heterocycles. The second-order valence-electron chi connectivity index (χ2n) is 3.55. The fourth-order valence-corrected chi connectivity index (χ4v) is 1.36. The molecule has 0 aromatic heterocycles. The fraction of sp³-hybridized carbons (Fsp3) is 0.889. The zero-order valence-corrected chi connectivity index (χ0v) is 7.48. The highest BCUT2D eigenvalue weighted by Crippen LogP contribution is 2.28. The minimum atomic E-state index is 0.475. The molecular weight excluding hydrogens is 136 g/mol. The second-order valence-corrected chi connectivity index (χ2v) is 3.55. The van der Waals surface area contributed by atoms with Gasteiger partial charge >= 0.3 is 0 Å². The minimum absolute atomic E-state index is 0.475. The van der Waals surface area contributed by atoms with E-state index in [0.29, 0.717) is 12.0 Å². The van der Waals surface area contributed by atoms with E-state index in [1.807, 2.05) is 7.05 Å². The molecule has 1 aliphatic rings. The van der Waals surface area contributed by atoms with Crippen molar-refractivity contribution in [3.8, 4) is 0 Å². The molecule has 0 spiro atoms. The first-order valence-corrected chi connectivity index (χ1v) is 4.48. The smallest absolute Gasteiger partial charge is 0.0135 e. The summed E-state index contributed by atoms with van der Waals surface area (Å²) in [5, 5.41) is 10.9. The molecule has 2 N–H and O–H groups in total. The van der Waals surface area contributed by atoms with Gasteiger partial charge in [0.25, 0.3) is 0 Å². The van der Waals surface area contributed by atoms with Crippen LogP contribution in [0, 0.1) is 11.3 Å². The molecule has 0 radical (unpaired) electrons. The third-order valence-corrected chi connectivity index (χ3v) is 2.62. The molecule has 0 amide bonds. The summed E-state index contributed by atoms with van der Waals surface area (Å²) in [5.41, 5.74) is 0.957. The molecule has 1 saturated carbocycles. The lowest BCUT2D eigenvalue weighted by Gasteiger charge is -2.27. The molecule has 2 heteroatoms. The van der Waals surface area contributed by atoms with E-state index in [1.165, 1.54) is 19.3 Å². The van der Waals surface area contributed by atoms with Gasteiger partial charge in [-0.1, -0.05) is 6.42 Å². The highest BCUT2D eigenvalue weighted by Gasteiger charge is 2.22. The molecule has 1 rings (SSSR count). The minimum Gasteiger partial charge on any atom is -0.317 e. The maximum atomic E-state index is 7.74. The molecule has 1 atom stereocenters. The monoisotopic (exact) mass is 154 g/mol. The first-order chi connectivity index (χ1) is 5.24. The van der Waals surface area contributed by atoms with E-state index >= 15 is 0 Å². The van der Waals surface area contributed by atoms with Crippen LogP contribution in [-0.4, -0.2) is 18.8 Å². The predicted molar refractivity (Wildman–Crippen MR) is 48.2 cm³/mol. The molecule has 0 heterocycles. The van der Waals surface area contributed by atoms with Gasteiger partial charge in [0.2, 0.25) is 0 Å². The van der Waals surface area contributed by atoms with Gasteiger partial charge in [0.1, 0.15) is 0 Å². The quantitative estimate of drug-likeness (QED) is 0.595. The summed E-state index contributed by atoms with van der Waals surface area (Å²) < 4.78 is 0. The van der Waals surface area contributed by atoms with Crippen molar-refractivity contribution in [3.63, 3.8) is 0 Å². The van der Waals surface area contributed by atoms with Gasteiger partial charge in [0.15, 0.2) is 0 Å². The van der Waals surface area contributed by atoms with Crippen LogP contribution < -0.4 is 5.32 Å². The third-order valence-electron chi connectivity index (χ3n) is 2.62. The van der Waals surface area contributed by atoms with Gasteiger partial charge in [-0.2, -0.15) is 0 Å². The lowest BCUT2D eigenvalue weighted by atomic mass is 9.80. The van der Waals surface area contributed by atoms with Crippen LogP contribution in [0.5, 0.6) is 0 Å². The summed E-state index contributed by atoms with van der Waals surface area (Å²) in [6, 6.07) is 0.475. The standard InChI is InChI=1S/C9H18N2/c1-7(11-2)6-9(10)8-4-3-5-8/h7-8,10-11H,3-6H2,1-2H3. The Labute approximate surface area is 68.9 Å². The number of rotatable bonds is 4. The lowest BCUT2D eigenvalue weighted by molar-refractivity contribution is 0.402. The first kappa shape index (κ1) is 8.72. The molecule has 0 aromatic rings.